The van der Waals surface area contributed by atoms with Crippen LogP contribution < -0.4 is 0 Å². The van der Waals surface area contributed by atoms with Crippen LogP contribution in [0.3, 0.4) is 0 Å². The second-order valence-corrected chi connectivity index (χ2v) is 5.95. The van der Waals surface area contributed by atoms with E-state index in [4.69, 9.17) is 4.74 Å². The fourth-order valence-electron chi connectivity index (χ4n) is 2.74. The lowest BCUT2D eigenvalue weighted by atomic mass is 10.1. The maximum atomic E-state index is 12.6. The van der Waals surface area contributed by atoms with Crippen molar-refractivity contribution in [3.8, 4) is 0 Å². The number of ether oxygens (including phenoxy) is 2. The zero-order valence-electron chi connectivity index (χ0n) is 14.3. The van der Waals surface area contributed by atoms with Gasteiger partial charge in [-0.2, -0.15) is 0 Å². The van der Waals surface area contributed by atoms with Crippen LogP contribution in [0.15, 0.2) is 60.7 Å². The van der Waals surface area contributed by atoms with Crippen molar-refractivity contribution in [2.45, 2.75) is 25.2 Å². The number of hydrogen-bond acceptors (Lipinski definition) is 6. The smallest absolute Gasteiger partial charge is 0.374 e. The molecule has 1 unspecified atom stereocenters. The zero-order valence-corrected chi connectivity index (χ0v) is 14.3. The number of amides is 2. The van der Waals surface area contributed by atoms with Crippen molar-refractivity contribution in [3.63, 3.8) is 0 Å². The molecule has 0 saturated carbocycles. The first-order valence-corrected chi connectivity index (χ1v) is 8.35. The lowest BCUT2D eigenvalue weighted by Crippen LogP contribution is -2.42. The van der Waals surface area contributed by atoms with Crippen molar-refractivity contribution in [1.29, 1.82) is 0 Å². The number of benzene rings is 2. The Hall–Kier alpha value is -3.32. The summed E-state index contributed by atoms with van der Waals surface area (Å²) >= 11 is 0. The normalized spacial score (nSPS) is 17.5. The van der Waals surface area contributed by atoms with E-state index in [1.54, 1.807) is 18.2 Å². The number of rotatable bonds is 7. The number of carbonyl (C=O) groups is 4. The Morgan fingerprint density at radius 3 is 2.33 bits per heavy atom. The van der Waals surface area contributed by atoms with Gasteiger partial charge in [-0.1, -0.05) is 48.5 Å². The first kappa shape index (κ1) is 18.5. The van der Waals surface area contributed by atoms with Gasteiger partial charge in [0, 0.05) is 12.0 Å². The molecule has 0 radical (unpaired) electrons. The van der Waals surface area contributed by atoms with Gasteiger partial charge in [-0.05, 0) is 17.7 Å². The predicted octanol–water partition coefficient (Wildman–Crippen LogP) is 2.35. The molecule has 1 aliphatic rings. The van der Waals surface area contributed by atoms with E-state index in [1.165, 1.54) is 12.1 Å². The average molecular weight is 367 g/mol. The third-order valence-corrected chi connectivity index (χ3v) is 4.12. The molecule has 7 nitrogen and oxygen atoms in total. The number of carbonyl (C=O) groups excluding carboxylic acids is 4. The summed E-state index contributed by atoms with van der Waals surface area (Å²) < 4.78 is 10.1. The van der Waals surface area contributed by atoms with E-state index in [1.807, 2.05) is 30.3 Å². The van der Waals surface area contributed by atoms with Crippen LogP contribution in [-0.4, -0.2) is 41.3 Å². The minimum Gasteiger partial charge on any atom is -0.374 e. The van der Waals surface area contributed by atoms with Crippen molar-refractivity contribution in [2.75, 3.05) is 0 Å². The van der Waals surface area contributed by atoms with Crippen LogP contribution in [0.5, 0.6) is 0 Å². The van der Waals surface area contributed by atoms with Crippen LogP contribution >= 0.6 is 0 Å². The molecule has 2 aromatic rings. The molecule has 2 aromatic carbocycles. The fourth-order valence-corrected chi connectivity index (χ4v) is 2.74. The molecule has 0 bridgehead atoms. The van der Waals surface area contributed by atoms with Crippen LogP contribution in [0.2, 0.25) is 0 Å². The Labute approximate surface area is 155 Å². The molecule has 0 N–H and O–H groups in total. The van der Waals surface area contributed by atoms with E-state index >= 15 is 0 Å². The van der Waals surface area contributed by atoms with E-state index in [0.29, 0.717) is 6.29 Å². The zero-order chi connectivity index (χ0) is 19.2. The first-order valence-electron chi connectivity index (χ1n) is 8.35. The van der Waals surface area contributed by atoms with Crippen molar-refractivity contribution in [2.24, 2.45) is 0 Å². The predicted molar refractivity (Wildman–Crippen MR) is 93.6 cm³/mol. The van der Waals surface area contributed by atoms with Crippen molar-refractivity contribution >= 4 is 24.3 Å². The van der Waals surface area contributed by atoms with Crippen LogP contribution in [0.25, 0.3) is 0 Å². The average Bonchev–Trinajstić information content (AvgIpc) is 2.98. The maximum absolute atomic E-state index is 12.6. The number of aldehydes is 1. The molecule has 27 heavy (non-hydrogen) atoms. The van der Waals surface area contributed by atoms with Gasteiger partial charge in [0.1, 0.15) is 18.4 Å². The lowest BCUT2D eigenvalue weighted by molar-refractivity contribution is -0.137. The highest BCUT2D eigenvalue weighted by Crippen LogP contribution is 2.22. The van der Waals surface area contributed by atoms with Gasteiger partial charge in [-0.3, -0.25) is 4.79 Å². The molecule has 138 valence electrons. The molecule has 7 heteroatoms. The second-order valence-electron chi connectivity index (χ2n) is 5.95. The maximum Gasteiger partial charge on any atom is 0.425 e. The van der Waals surface area contributed by atoms with Crippen LogP contribution in [-0.2, 0) is 25.7 Å². The summed E-state index contributed by atoms with van der Waals surface area (Å²) in [6.45, 7) is 0.159. The molecule has 0 spiro atoms. The number of hydrogen-bond donors (Lipinski definition) is 0. The molecule has 2 atom stereocenters. The van der Waals surface area contributed by atoms with E-state index in [9.17, 15) is 19.2 Å². The second kappa shape index (κ2) is 8.37. The molecule has 3 rings (SSSR count). The number of imide groups is 1. The third kappa shape index (κ3) is 4.27. The Morgan fingerprint density at radius 1 is 1.07 bits per heavy atom. The summed E-state index contributed by atoms with van der Waals surface area (Å²) in [5.41, 5.74) is 1.09. The molecule has 2 amide bonds. The van der Waals surface area contributed by atoms with E-state index < -0.39 is 30.1 Å². The Bertz CT molecular complexity index is 836. The highest BCUT2D eigenvalue weighted by molar-refractivity contribution is 6.11. The van der Waals surface area contributed by atoms with E-state index in [-0.39, 0.29) is 18.6 Å². The topological polar surface area (TPSA) is 90.0 Å². The Kier molecular flexibility index (Phi) is 5.73. The largest absolute Gasteiger partial charge is 0.425 e. The SMILES string of the molecule is O=CC(C[C@H]1C(=O)OC(=O)N1C(=O)c1ccccc1)OCc1ccccc1. The molecule has 1 saturated heterocycles. The van der Waals surface area contributed by atoms with Crippen LogP contribution in [0.4, 0.5) is 4.79 Å². The molecule has 0 aliphatic carbocycles. The van der Waals surface area contributed by atoms with Gasteiger partial charge >= 0.3 is 12.1 Å². The van der Waals surface area contributed by atoms with E-state index in [2.05, 4.69) is 4.74 Å². The number of nitrogens with zero attached hydrogens (tertiary/aromatic N) is 1. The van der Waals surface area contributed by atoms with E-state index in [0.717, 1.165) is 10.5 Å². The third-order valence-electron chi connectivity index (χ3n) is 4.12. The molecular formula is C20H17NO6. The van der Waals surface area contributed by atoms with Crippen molar-refractivity contribution in [3.05, 3.63) is 71.8 Å². The van der Waals surface area contributed by atoms with Gasteiger partial charge in [-0.25, -0.2) is 14.5 Å². The summed E-state index contributed by atoms with van der Waals surface area (Å²) in [6.07, 6.45) is -1.64. The van der Waals surface area contributed by atoms with Gasteiger partial charge in [-0.15, -0.1) is 0 Å². The highest BCUT2D eigenvalue weighted by Gasteiger charge is 2.46. The van der Waals surface area contributed by atoms with Gasteiger partial charge < -0.3 is 14.3 Å². The molecule has 1 fully saturated rings. The van der Waals surface area contributed by atoms with Crippen LogP contribution in [0, 0.1) is 0 Å². The Balaban J connectivity index is 1.72. The van der Waals surface area contributed by atoms with Crippen molar-refractivity contribution in [1.82, 2.24) is 4.90 Å². The lowest BCUT2D eigenvalue weighted by Gasteiger charge is -2.21. The van der Waals surface area contributed by atoms with Gasteiger partial charge in [0.15, 0.2) is 0 Å². The highest BCUT2D eigenvalue weighted by atomic mass is 16.6. The minimum absolute atomic E-state index is 0.159. The first-order chi connectivity index (χ1) is 13.1. The summed E-state index contributed by atoms with van der Waals surface area (Å²) in [5.74, 6) is -1.54. The summed E-state index contributed by atoms with van der Waals surface area (Å²) in [6, 6.07) is 16.0. The molecular weight excluding hydrogens is 350 g/mol. The monoisotopic (exact) mass is 367 g/mol. The standard InChI is InChI=1S/C20H17NO6/c22-12-16(26-13-14-7-3-1-4-8-14)11-17-19(24)27-20(25)21(17)18(23)15-9-5-2-6-10-15/h1-10,12,16-17H,11,13H2/t16?,17-/m0/s1. The summed E-state index contributed by atoms with van der Waals surface area (Å²) in [5, 5.41) is 0. The summed E-state index contributed by atoms with van der Waals surface area (Å²) in [4.78, 5) is 48.8. The molecule has 0 aromatic heterocycles. The molecule has 1 aliphatic heterocycles. The number of esters is 1. The molecule has 1 heterocycles. The Morgan fingerprint density at radius 2 is 1.70 bits per heavy atom. The van der Waals surface area contributed by atoms with Gasteiger partial charge in [0.05, 0.1) is 6.61 Å². The quantitative estimate of drug-likeness (QED) is 0.424. The minimum atomic E-state index is -1.21. The van der Waals surface area contributed by atoms with Gasteiger partial charge in [0.2, 0.25) is 0 Å². The number of cyclic esters (lactones) is 2. The summed E-state index contributed by atoms with van der Waals surface area (Å²) in [7, 11) is 0. The van der Waals surface area contributed by atoms with Gasteiger partial charge in [0.25, 0.3) is 5.91 Å². The fraction of sp³-hybridized carbons (Fsp3) is 0.200. The van der Waals surface area contributed by atoms with Crippen LogP contribution in [0.1, 0.15) is 22.3 Å². The van der Waals surface area contributed by atoms with Crippen molar-refractivity contribution < 1.29 is 28.7 Å².